The van der Waals surface area contributed by atoms with Crippen LogP contribution in [0.15, 0.2) is 10.9 Å². The molecule has 1 saturated carbocycles. The summed E-state index contributed by atoms with van der Waals surface area (Å²) in [4.78, 5) is 29.2. The molecule has 7 heteroatoms. The number of urea groups is 1. The summed E-state index contributed by atoms with van der Waals surface area (Å²) in [5.74, 6) is -0.845. The molecule has 1 aliphatic rings. The molecule has 0 aromatic carbocycles. The van der Waals surface area contributed by atoms with Crippen molar-refractivity contribution in [1.29, 1.82) is 0 Å². The van der Waals surface area contributed by atoms with Crippen molar-refractivity contribution in [2.45, 2.75) is 38.8 Å². The van der Waals surface area contributed by atoms with Crippen LogP contribution in [0.5, 0.6) is 0 Å². The summed E-state index contributed by atoms with van der Waals surface area (Å²) in [6.45, 7) is 2.12. The first-order valence-electron chi connectivity index (χ1n) is 6.55. The van der Waals surface area contributed by atoms with Crippen molar-refractivity contribution in [1.82, 2.24) is 15.2 Å². The highest BCUT2D eigenvalue weighted by Gasteiger charge is 2.46. The van der Waals surface area contributed by atoms with Gasteiger partial charge in [-0.25, -0.2) is 9.78 Å². The van der Waals surface area contributed by atoms with E-state index in [9.17, 15) is 14.7 Å². The molecule has 0 radical (unpaired) electrons. The number of amides is 2. The summed E-state index contributed by atoms with van der Waals surface area (Å²) in [5, 5.41) is 14.1. The fourth-order valence-corrected chi connectivity index (χ4v) is 3.09. The van der Waals surface area contributed by atoms with Crippen LogP contribution in [0.1, 0.15) is 31.9 Å². The molecule has 1 heterocycles. The van der Waals surface area contributed by atoms with Gasteiger partial charge in [-0.3, -0.25) is 4.79 Å². The Morgan fingerprint density at radius 2 is 2.40 bits per heavy atom. The van der Waals surface area contributed by atoms with E-state index in [0.29, 0.717) is 19.4 Å². The number of carbonyl (C=O) groups is 2. The van der Waals surface area contributed by atoms with Gasteiger partial charge in [0.25, 0.3) is 0 Å². The number of nitrogens with one attached hydrogen (secondary N) is 1. The predicted molar refractivity (Wildman–Crippen MR) is 75.5 cm³/mol. The summed E-state index contributed by atoms with van der Waals surface area (Å²) in [6, 6.07) is -0.567. The maximum atomic E-state index is 12.1. The third kappa shape index (κ3) is 2.92. The van der Waals surface area contributed by atoms with Crippen LogP contribution in [-0.4, -0.2) is 40.1 Å². The van der Waals surface area contributed by atoms with Crippen molar-refractivity contribution in [2.75, 3.05) is 7.05 Å². The minimum Gasteiger partial charge on any atom is -0.481 e. The lowest BCUT2D eigenvalue weighted by Gasteiger charge is -2.29. The lowest BCUT2D eigenvalue weighted by molar-refractivity contribution is -0.148. The average molecular weight is 297 g/mol. The van der Waals surface area contributed by atoms with Crippen LogP contribution < -0.4 is 5.32 Å². The van der Waals surface area contributed by atoms with Crippen LogP contribution in [0, 0.1) is 5.41 Å². The Morgan fingerprint density at radius 3 is 3.00 bits per heavy atom. The quantitative estimate of drug-likeness (QED) is 0.889. The van der Waals surface area contributed by atoms with Crippen LogP contribution in [0.25, 0.3) is 0 Å². The largest absolute Gasteiger partial charge is 0.481 e. The summed E-state index contributed by atoms with van der Waals surface area (Å²) < 4.78 is 0. The molecule has 20 heavy (non-hydrogen) atoms. The number of aromatic nitrogens is 1. The second kappa shape index (κ2) is 5.78. The number of hydrogen-bond acceptors (Lipinski definition) is 4. The smallest absolute Gasteiger partial charge is 0.317 e. The van der Waals surface area contributed by atoms with Crippen molar-refractivity contribution < 1.29 is 14.7 Å². The van der Waals surface area contributed by atoms with Gasteiger partial charge >= 0.3 is 12.0 Å². The van der Waals surface area contributed by atoms with Crippen LogP contribution in [0.3, 0.4) is 0 Å². The van der Waals surface area contributed by atoms with Gasteiger partial charge in [0.2, 0.25) is 0 Å². The number of hydrogen-bond donors (Lipinski definition) is 2. The Morgan fingerprint density at radius 1 is 1.65 bits per heavy atom. The van der Waals surface area contributed by atoms with Gasteiger partial charge < -0.3 is 15.3 Å². The number of carboxylic acid groups (broad SMARTS) is 1. The van der Waals surface area contributed by atoms with Crippen molar-refractivity contribution in [3.63, 3.8) is 0 Å². The van der Waals surface area contributed by atoms with E-state index in [4.69, 9.17) is 0 Å². The first kappa shape index (κ1) is 14.8. The Labute approximate surface area is 121 Å². The first-order valence-corrected chi connectivity index (χ1v) is 7.50. The lowest BCUT2D eigenvalue weighted by atomic mass is 9.85. The molecule has 2 atom stereocenters. The normalized spacial score (nSPS) is 25.4. The number of carboxylic acids is 1. The van der Waals surface area contributed by atoms with Crippen LogP contribution in [-0.2, 0) is 11.3 Å². The highest BCUT2D eigenvalue weighted by Crippen LogP contribution is 2.38. The summed E-state index contributed by atoms with van der Waals surface area (Å²) in [7, 11) is 1.68. The molecule has 110 valence electrons. The maximum absolute atomic E-state index is 12.1. The van der Waals surface area contributed by atoms with E-state index in [1.54, 1.807) is 19.5 Å². The predicted octanol–water partition coefficient (Wildman–Crippen LogP) is 1.93. The van der Waals surface area contributed by atoms with Crippen LogP contribution in [0.2, 0.25) is 0 Å². The Hall–Kier alpha value is -1.63. The van der Waals surface area contributed by atoms with Crippen molar-refractivity contribution >= 4 is 23.3 Å². The highest BCUT2D eigenvalue weighted by atomic mass is 32.1. The fourth-order valence-electron chi connectivity index (χ4n) is 2.54. The second-order valence-electron chi connectivity index (χ2n) is 5.45. The summed E-state index contributed by atoms with van der Waals surface area (Å²) in [5.41, 5.74) is 1.69. The zero-order valence-electron chi connectivity index (χ0n) is 11.6. The number of thiazole rings is 1. The van der Waals surface area contributed by atoms with Crippen LogP contribution >= 0.6 is 11.3 Å². The van der Waals surface area contributed by atoms with E-state index in [1.165, 1.54) is 16.2 Å². The molecule has 0 saturated heterocycles. The van der Waals surface area contributed by atoms with Gasteiger partial charge in [-0.15, -0.1) is 11.3 Å². The molecule has 1 fully saturated rings. The number of aliphatic carboxylic acids is 1. The van der Waals surface area contributed by atoms with Crippen molar-refractivity contribution in [3.8, 4) is 0 Å². The highest BCUT2D eigenvalue weighted by molar-refractivity contribution is 7.07. The Bertz CT molecular complexity index is 491. The van der Waals surface area contributed by atoms with Gasteiger partial charge in [-0.2, -0.15) is 0 Å². The third-order valence-electron chi connectivity index (χ3n) is 3.97. The van der Waals surface area contributed by atoms with Crippen molar-refractivity contribution in [2.24, 2.45) is 5.41 Å². The SMILES string of the molecule is CN(Cc1cscn1)C(=O)NC1CCCC1(C)C(=O)O. The first-order chi connectivity index (χ1) is 9.43. The molecule has 2 amide bonds. The molecule has 1 aromatic heterocycles. The summed E-state index contributed by atoms with van der Waals surface area (Å²) >= 11 is 1.48. The maximum Gasteiger partial charge on any atom is 0.317 e. The molecule has 1 aliphatic carbocycles. The van der Waals surface area contributed by atoms with Gasteiger partial charge in [0.1, 0.15) is 0 Å². The van der Waals surface area contributed by atoms with Gasteiger partial charge in [0, 0.05) is 18.5 Å². The molecule has 1 aromatic rings. The van der Waals surface area contributed by atoms with Gasteiger partial charge in [0.15, 0.2) is 0 Å². The van der Waals surface area contributed by atoms with E-state index < -0.39 is 11.4 Å². The minimum absolute atomic E-state index is 0.252. The van der Waals surface area contributed by atoms with E-state index >= 15 is 0 Å². The van der Waals surface area contributed by atoms with E-state index in [0.717, 1.165) is 12.1 Å². The van der Waals surface area contributed by atoms with E-state index in [2.05, 4.69) is 10.3 Å². The number of carbonyl (C=O) groups excluding carboxylic acids is 1. The Kier molecular flexibility index (Phi) is 4.27. The van der Waals surface area contributed by atoms with E-state index in [-0.39, 0.29) is 12.1 Å². The number of nitrogens with zero attached hydrogens (tertiary/aromatic N) is 2. The molecule has 2 unspecified atom stereocenters. The molecule has 0 bridgehead atoms. The monoisotopic (exact) mass is 297 g/mol. The van der Waals surface area contributed by atoms with Gasteiger partial charge in [-0.05, 0) is 19.8 Å². The zero-order valence-corrected chi connectivity index (χ0v) is 12.4. The van der Waals surface area contributed by atoms with Gasteiger partial charge in [0.05, 0.1) is 23.2 Å². The molecule has 2 rings (SSSR count). The number of rotatable bonds is 4. The van der Waals surface area contributed by atoms with E-state index in [1.807, 2.05) is 5.38 Å². The van der Waals surface area contributed by atoms with Crippen molar-refractivity contribution in [3.05, 3.63) is 16.6 Å². The minimum atomic E-state index is -0.864. The standard InChI is InChI=1S/C13H19N3O3S/c1-13(11(17)18)5-3-4-10(13)15-12(19)16(2)6-9-7-20-8-14-9/h7-8,10H,3-6H2,1-2H3,(H,15,19)(H,17,18). The molecule has 0 aliphatic heterocycles. The molecular weight excluding hydrogens is 278 g/mol. The summed E-state index contributed by atoms with van der Waals surface area (Å²) in [6.07, 6.45) is 2.13. The van der Waals surface area contributed by atoms with Crippen LogP contribution in [0.4, 0.5) is 4.79 Å². The molecule has 2 N–H and O–H groups in total. The lowest BCUT2D eigenvalue weighted by Crippen LogP contribution is -2.50. The molecule has 6 nitrogen and oxygen atoms in total. The molecular formula is C13H19N3O3S. The molecule has 0 spiro atoms. The average Bonchev–Trinajstić information content (AvgIpc) is 3.01. The third-order valence-corrected chi connectivity index (χ3v) is 4.61. The topological polar surface area (TPSA) is 82.5 Å². The fraction of sp³-hybridized carbons (Fsp3) is 0.615. The van der Waals surface area contributed by atoms with Gasteiger partial charge in [-0.1, -0.05) is 6.42 Å². The Balaban J connectivity index is 1.95. The zero-order chi connectivity index (χ0) is 14.8. The second-order valence-corrected chi connectivity index (χ2v) is 6.17.